The maximum atomic E-state index is 12.8. The second-order valence-corrected chi connectivity index (χ2v) is 8.39. The van der Waals surface area contributed by atoms with Gasteiger partial charge in [-0.1, -0.05) is 36.6 Å². The van der Waals surface area contributed by atoms with Crippen molar-refractivity contribution in [3.8, 4) is 5.69 Å². The first kappa shape index (κ1) is 19.5. The summed E-state index contributed by atoms with van der Waals surface area (Å²) < 4.78 is 6.80. The lowest BCUT2D eigenvalue weighted by molar-refractivity contribution is 0.0682. The quantitative estimate of drug-likeness (QED) is 0.773. The van der Waals surface area contributed by atoms with Gasteiger partial charge in [-0.2, -0.15) is 9.78 Å². The molecule has 1 aromatic heterocycles. The molecule has 1 N–H and O–H groups in total. The Labute approximate surface area is 171 Å². The SMILES string of the molecule is COC1CCC(Nc2cnn(-c3ccc(C4CCCC4)cc3)c(=O)c2Cl)CC1. The first-order valence-electron chi connectivity index (χ1n) is 10.3. The van der Waals surface area contributed by atoms with Gasteiger partial charge in [0.1, 0.15) is 5.02 Å². The number of benzene rings is 1. The Morgan fingerprint density at radius 3 is 2.39 bits per heavy atom. The van der Waals surface area contributed by atoms with Crippen molar-refractivity contribution in [2.24, 2.45) is 0 Å². The summed E-state index contributed by atoms with van der Waals surface area (Å²) in [6.07, 6.45) is 11.2. The molecule has 1 heterocycles. The van der Waals surface area contributed by atoms with E-state index in [1.54, 1.807) is 13.3 Å². The van der Waals surface area contributed by atoms with Crippen LogP contribution in [0, 0.1) is 0 Å². The summed E-state index contributed by atoms with van der Waals surface area (Å²) in [7, 11) is 1.76. The van der Waals surface area contributed by atoms with Gasteiger partial charge >= 0.3 is 0 Å². The fourth-order valence-corrected chi connectivity index (χ4v) is 4.71. The molecule has 2 aliphatic carbocycles. The summed E-state index contributed by atoms with van der Waals surface area (Å²) in [6, 6.07) is 8.47. The summed E-state index contributed by atoms with van der Waals surface area (Å²) in [4.78, 5) is 12.8. The second kappa shape index (κ2) is 8.66. The van der Waals surface area contributed by atoms with Gasteiger partial charge in [-0.05, 0) is 62.1 Å². The van der Waals surface area contributed by atoms with Gasteiger partial charge in [0.05, 0.1) is 23.7 Å². The van der Waals surface area contributed by atoms with Crippen LogP contribution < -0.4 is 10.9 Å². The van der Waals surface area contributed by atoms with Crippen LogP contribution in [0.2, 0.25) is 5.02 Å². The van der Waals surface area contributed by atoms with Gasteiger partial charge in [0.2, 0.25) is 0 Å². The van der Waals surface area contributed by atoms with Gasteiger partial charge in [-0.25, -0.2) is 0 Å². The van der Waals surface area contributed by atoms with Crippen molar-refractivity contribution in [3.63, 3.8) is 0 Å². The van der Waals surface area contributed by atoms with Crippen molar-refractivity contribution < 1.29 is 4.74 Å². The molecule has 2 saturated carbocycles. The highest BCUT2D eigenvalue weighted by Crippen LogP contribution is 2.34. The van der Waals surface area contributed by atoms with E-state index in [-0.39, 0.29) is 10.6 Å². The summed E-state index contributed by atoms with van der Waals surface area (Å²) in [5.74, 6) is 0.655. The zero-order valence-corrected chi connectivity index (χ0v) is 17.1. The van der Waals surface area contributed by atoms with Crippen LogP contribution in [0.4, 0.5) is 5.69 Å². The van der Waals surface area contributed by atoms with Crippen LogP contribution in [-0.2, 0) is 4.74 Å². The predicted octanol–water partition coefficient (Wildman–Crippen LogP) is 4.91. The molecule has 0 bridgehead atoms. The van der Waals surface area contributed by atoms with Gasteiger partial charge in [0.25, 0.3) is 5.56 Å². The Bertz CT molecular complexity index is 851. The Hall–Kier alpha value is -1.85. The molecule has 5 nitrogen and oxygen atoms in total. The average molecular weight is 402 g/mol. The third-order valence-electron chi connectivity index (χ3n) is 6.25. The monoisotopic (exact) mass is 401 g/mol. The van der Waals surface area contributed by atoms with Crippen molar-refractivity contribution in [2.45, 2.75) is 69.4 Å². The molecule has 28 heavy (non-hydrogen) atoms. The van der Waals surface area contributed by atoms with E-state index in [0.29, 0.717) is 23.8 Å². The van der Waals surface area contributed by atoms with E-state index in [2.05, 4.69) is 22.5 Å². The van der Waals surface area contributed by atoms with Gasteiger partial charge in [0, 0.05) is 13.2 Å². The van der Waals surface area contributed by atoms with E-state index in [0.717, 1.165) is 31.4 Å². The van der Waals surface area contributed by atoms with Crippen LogP contribution in [0.15, 0.2) is 35.3 Å². The van der Waals surface area contributed by atoms with Gasteiger partial charge in [-0.3, -0.25) is 4.79 Å². The van der Waals surface area contributed by atoms with Crippen LogP contribution in [0.5, 0.6) is 0 Å². The minimum absolute atomic E-state index is 0.198. The minimum atomic E-state index is -0.286. The lowest BCUT2D eigenvalue weighted by atomic mass is 9.93. The molecule has 0 unspecified atom stereocenters. The molecule has 150 valence electrons. The molecule has 0 aliphatic heterocycles. The molecule has 2 aromatic rings. The first-order valence-corrected chi connectivity index (χ1v) is 10.7. The molecule has 0 saturated heterocycles. The Balaban J connectivity index is 1.49. The second-order valence-electron chi connectivity index (χ2n) is 8.02. The molecule has 1 aromatic carbocycles. The zero-order chi connectivity index (χ0) is 19.5. The smallest absolute Gasteiger partial charge is 0.292 e. The molecular weight excluding hydrogens is 374 g/mol. The van der Waals surface area contributed by atoms with E-state index < -0.39 is 0 Å². The molecule has 6 heteroatoms. The third kappa shape index (κ3) is 4.11. The summed E-state index contributed by atoms with van der Waals surface area (Å²) >= 11 is 6.40. The molecule has 0 radical (unpaired) electrons. The van der Waals surface area contributed by atoms with Crippen LogP contribution >= 0.6 is 11.6 Å². The van der Waals surface area contributed by atoms with Crippen molar-refractivity contribution in [3.05, 3.63) is 51.4 Å². The van der Waals surface area contributed by atoms with Crippen molar-refractivity contribution in [2.75, 3.05) is 12.4 Å². The lowest BCUT2D eigenvalue weighted by Gasteiger charge is -2.29. The number of rotatable bonds is 5. The van der Waals surface area contributed by atoms with Gasteiger partial charge in [-0.15, -0.1) is 0 Å². The Kier molecular flexibility index (Phi) is 6.02. The number of hydrogen-bond donors (Lipinski definition) is 1. The molecule has 2 aliphatic rings. The normalized spacial score (nSPS) is 23.1. The van der Waals surface area contributed by atoms with E-state index in [9.17, 15) is 4.79 Å². The van der Waals surface area contributed by atoms with Crippen molar-refractivity contribution in [1.29, 1.82) is 0 Å². The Morgan fingerprint density at radius 1 is 1.07 bits per heavy atom. The van der Waals surface area contributed by atoms with Crippen molar-refractivity contribution in [1.82, 2.24) is 9.78 Å². The maximum Gasteiger partial charge on any atom is 0.292 e. The number of ether oxygens (including phenoxy) is 1. The van der Waals surface area contributed by atoms with Gasteiger partial charge in [0.15, 0.2) is 0 Å². The molecule has 4 rings (SSSR count). The highest BCUT2D eigenvalue weighted by Gasteiger charge is 2.22. The number of anilines is 1. The first-order chi connectivity index (χ1) is 13.7. The van der Waals surface area contributed by atoms with E-state index in [1.807, 2.05) is 12.1 Å². The molecule has 0 amide bonds. The summed E-state index contributed by atoms with van der Waals surface area (Å²) in [6.45, 7) is 0. The highest BCUT2D eigenvalue weighted by atomic mass is 35.5. The average Bonchev–Trinajstić information content (AvgIpc) is 3.27. The van der Waals surface area contributed by atoms with Crippen LogP contribution in [0.25, 0.3) is 5.69 Å². The van der Waals surface area contributed by atoms with Crippen LogP contribution in [0.3, 0.4) is 0 Å². The lowest BCUT2D eigenvalue weighted by Crippen LogP contribution is -2.30. The van der Waals surface area contributed by atoms with Crippen LogP contribution in [-0.4, -0.2) is 29.0 Å². The Morgan fingerprint density at radius 2 is 1.75 bits per heavy atom. The predicted molar refractivity (Wildman–Crippen MR) is 113 cm³/mol. The standard InChI is InChI=1S/C22H28ClN3O2/c1-28-19-12-8-17(9-13-19)25-20-14-24-26(22(27)21(20)23)18-10-6-16(7-11-18)15-4-2-3-5-15/h6-7,10-11,14-15,17,19,25H,2-5,8-9,12-13H2,1H3. The number of halogens is 1. The zero-order valence-electron chi connectivity index (χ0n) is 16.4. The number of hydrogen-bond acceptors (Lipinski definition) is 4. The van der Waals surface area contributed by atoms with Crippen molar-refractivity contribution >= 4 is 17.3 Å². The number of nitrogens with one attached hydrogen (secondary N) is 1. The maximum absolute atomic E-state index is 12.8. The molecule has 0 atom stereocenters. The largest absolute Gasteiger partial charge is 0.381 e. The fraction of sp³-hybridized carbons (Fsp3) is 0.545. The number of methoxy groups -OCH3 is 1. The fourth-order valence-electron chi connectivity index (χ4n) is 4.53. The number of nitrogens with zero attached hydrogens (tertiary/aromatic N) is 2. The van der Waals surface area contributed by atoms with E-state index >= 15 is 0 Å². The van der Waals surface area contributed by atoms with Crippen LogP contribution in [0.1, 0.15) is 62.8 Å². The third-order valence-corrected chi connectivity index (χ3v) is 6.62. The summed E-state index contributed by atoms with van der Waals surface area (Å²) in [5, 5.41) is 7.96. The van der Waals surface area contributed by atoms with E-state index in [4.69, 9.17) is 16.3 Å². The topological polar surface area (TPSA) is 56.1 Å². The van der Waals surface area contributed by atoms with E-state index in [1.165, 1.54) is 35.9 Å². The highest BCUT2D eigenvalue weighted by molar-refractivity contribution is 6.32. The summed E-state index contributed by atoms with van der Waals surface area (Å²) in [5.41, 5.74) is 2.43. The molecular formula is C22H28ClN3O2. The number of aromatic nitrogens is 2. The molecule has 2 fully saturated rings. The molecule has 0 spiro atoms. The minimum Gasteiger partial charge on any atom is -0.381 e. The van der Waals surface area contributed by atoms with Gasteiger partial charge < -0.3 is 10.1 Å².